The highest BCUT2D eigenvalue weighted by molar-refractivity contribution is 7.80. The van der Waals surface area contributed by atoms with Gasteiger partial charge in [0.1, 0.15) is 6.04 Å². The Bertz CT molecular complexity index is 593. The third-order valence-electron chi connectivity index (χ3n) is 7.05. The summed E-state index contributed by atoms with van der Waals surface area (Å²) in [6.45, 7) is 2.14. The number of nitrogens with one attached hydrogen (secondary N) is 1. The molecule has 0 saturated heterocycles. The summed E-state index contributed by atoms with van der Waals surface area (Å²) in [7, 11) is 1.35. The molecule has 4 N–H and O–H groups in total. The zero-order chi connectivity index (χ0) is 20.9. The third-order valence-corrected chi connectivity index (χ3v) is 7.41. The summed E-state index contributed by atoms with van der Waals surface area (Å²) in [6, 6.07) is -1.66. The quantitative estimate of drug-likeness (QED) is 0.318. The molecule has 4 atom stereocenters. The molecule has 160 valence electrons. The van der Waals surface area contributed by atoms with Crippen LogP contribution in [-0.2, 0) is 19.1 Å². The van der Waals surface area contributed by atoms with Crippen LogP contribution in [0.5, 0.6) is 0 Å². The monoisotopic (exact) mass is 414 g/mol. The molecule has 2 aliphatic carbocycles. The number of carboxylic acids is 1. The van der Waals surface area contributed by atoms with Crippen LogP contribution in [0.4, 0.5) is 0 Å². The molecule has 2 saturated carbocycles. The number of carbonyl (C=O) groups is 3. The number of ketones is 1. The van der Waals surface area contributed by atoms with Crippen molar-refractivity contribution in [2.24, 2.45) is 17.1 Å². The summed E-state index contributed by atoms with van der Waals surface area (Å²) in [5.41, 5.74) is 5.27. The molecule has 2 fully saturated rings. The Balaban J connectivity index is 2.46. The van der Waals surface area contributed by atoms with Crippen molar-refractivity contribution < 1.29 is 24.2 Å². The van der Waals surface area contributed by atoms with Crippen molar-refractivity contribution in [2.75, 3.05) is 12.9 Å². The fourth-order valence-corrected chi connectivity index (χ4v) is 5.94. The first-order valence-electron chi connectivity index (χ1n) is 10.2. The van der Waals surface area contributed by atoms with Crippen LogP contribution < -0.4 is 11.1 Å². The lowest BCUT2D eigenvalue weighted by Gasteiger charge is -2.52. The second-order valence-electron chi connectivity index (χ2n) is 8.27. The normalized spacial score (nSPS) is 28.6. The largest absolute Gasteiger partial charge is 0.481 e. The number of carbonyl (C=O) groups excluding carboxylic acids is 2. The number of esters is 1. The van der Waals surface area contributed by atoms with E-state index < -0.39 is 35.5 Å². The van der Waals surface area contributed by atoms with Gasteiger partial charge in [0.15, 0.2) is 5.78 Å². The summed E-state index contributed by atoms with van der Waals surface area (Å²) in [4.78, 5) is 36.7. The molecule has 2 aliphatic rings. The zero-order valence-corrected chi connectivity index (χ0v) is 17.8. The maximum Gasteiger partial charge on any atom is 0.323 e. The smallest absolute Gasteiger partial charge is 0.323 e. The van der Waals surface area contributed by atoms with Crippen molar-refractivity contribution >= 4 is 30.4 Å². The predicted molar refractivity (Wildman–Crippen MR) is 109 cm³/mol. The van der Waals surface area contributed by atoms with E-state index in [0.717, 1.165) is 44.9 Å². The van der Waals surface area contributed by atoms with Crippen molar-refractivity contribution in [3.63, 3.8) is 0 Å². The minimum Gasteiger partial charge on any atom is -0.481 e. The Morgan fingerprint density at radius 3 is 2.39 bits per heavy atom. The standard InChI is InChI=1S/C20H34N2O5S/c1-3-19(8-4-5-9-19)20(22-15(12-28)18(26)27-2)10-6-7-13(20)17(25)14(21)11-16(23)24/h13-15,22,28H,3-12,21H2,1-2H3,(H,23,24)/t13-,14+,15+,20?/m1/s1. The van der Waals surface area contributed by atoms with Gasteiger partial charge in [-0.2, -0.15) is 12.6 Å². The highest BCUT2D eigenvalue weighted by Crippen LogP contribution is 2.58. The first kappa shape index (κ1) is 23.2. The second kappa shape index (κ2) is 9.59. The Morgan fingerprint density at radius 1 is 1.25 bits per heavy atom. The van der Waals surface area contributed by atoms with Crippen molar-refractivity contribution in [1.29, 1.82) is 0 Å². The zero-order valence-electron chi connectivity index (χ0n) is 16.9. The Morgan fingerprint density at radius 2 is 1.89 bits per heavy atom. The van der Waals surface area contributed by atoms with Crippen LogP contribution >= 0.6 is 12.6 Å². The molecular formula is C20H34N2O5S. The molecule has 0 aliphatic heterocycles. The van der Waals surface area contributed by atoms with Crippen LogP contribution in [0.2, 0.25) is 0 Å². The average Bonchev–Trinajstić information content (AvgIpc) is 3.32. The van der Waals surface area contributed by atoms with Gasteiger partial charge in [-0.3, -0.25) is 19.7 Å². The van der Waals surface area contributed by atoms with E-state index in [-0.39, 0.29) is 23.4 Å². The van der Waals surface area contributed by atoms with E-state index in [1.54, 1.807) is 0 Å². The molecule has 0 bridgehead atoms. The third kappa shape index (κ3) is 4.24. The van der Waals surface area contributed by atoms with Crippen molar-refractivity contribution in [3.05, 3.63) is 0 Å². The number of Topliss-reactive ketones (excluding diaryl/α,β-unsaturated/α-hetero) is 1. The van der Waals surface area contributed by atoms with Gasteiger partial charge in [-0.15, -0.1) is 0 Å². The molecular weight excluding hydrogens is 380 g/mol. The lowest BCUT2D eigenvalue weighted by atomic mass is 9.60. The van der Waals surface area contributed by atoms with E-state index in [0.29, 0.717) is 6.42 Å². The molecule has 0 aromatic rings. The van der Waals surface area contributed by atoms with E-state index in [9.17, 15) is 14.4 Å². The first-order valence-corrected chi connectivity index (χ1v) is 10.9. The van der Waals surface area contributed by atoms with Crippen LogP contribution in [-0.4, -0.2) is 53.3 Å². The molecule has 0 heterocycles. The van der Waals surface area contributed by atoms with E-state index in [1.807, 2.05) is 0 Å². The molecule has 0 spiro atoms. The molecule has 7 nitrogen and oxygen atoms in total. The van der Waals surface area contributed by atoms with Crippen LogP contribution in [0.15, 0.2) is 0 Å². The Labute approximate surface area is 172 Å². The predicted octanol–water partition coefficient (Wildman–Crippen LogP) is 1.93. The molecule has 28 heavy (non-hydrogen) atoms. The summed E-state index contributed by atoms with van der Waals surface area (Å²) in [5.74, 6) is -1.84. The number of hydrogen-bond acceptors (Lipinski definition) is 7. The average molecular weight is 415 g/mol. The number of ether oxygens (including phenoxy) is 1. The summed E-state index contributed by atoms with van der Waals surface area (Å²) < 4.78 is 4.95. The lowest BCUT2D eigenvalue weighted by Crippen LogP contribution is -2.66. The second-order valence-corrected chi connectivity index (χ2v) is 8.63. The van der Waals surface area contributed by atoms with Crippen molar-refractivity contribution in [2.45, 2.75) is 82.3 Å². The first-order chi connectivity index (χ1) is 13.3. The molecule has 0 aromatic carbocycles. The van der Waals surface area contributed by atoms with Gasteiger partial charge >= 0.3 is 11.9 Å². The number of thiol groups is 1. The SMILES string of the molecule is CCC1(C2(N[C@@H](CS)C(=O)OC)CCC[C@@H]2C(=O)[C@@H](N)CC(=O)O)CCCC1. The van der Waals surface area contributed by atoms with Crippen LogP contribution in [0.1, 0.15) is 64.7 Å². The highest BCUT2D eigenvalue weighted by atomic mass is 32.1. The topological polar surface area (TPSA) is 119 Å². The van der Waals surface area contributed by atoms with Crippen LogP contribution in [0.25, 0.3) is 0 Å². The fraction of sp³-hybridized carbons (Fsp3) is 0.850. The number of nitrogens with two attached hydrogens (primary N) is 1. The highest BCUT2D eigenvalue weighted by Gasteiger charge is 2.60. The van der Waals surface area contributed by atoms with Gasteiger partial charge in [-0.05, 0) is 37.5 Å². The molecule has 0 amide bonds. The number of methoxy groups -OCH3 is 1. The minimum atomic E-state index is -1.08. The summed E-state index contributed by atoms with van der Waals surface area (Å²) >= 11 is 4.33. The maximum atomic E-state index is 13.3. The molecule has 8 heteroatoms. The summed E-state index contributed by atoms with van der Waals surface area (Å²) in [5, 5.41) is 12.6. The van der Waals surface area contributed by atoms with E-state index in [4.69, 9.17) is 15.6 Å². The van der Waals surface area contributed by atoms with Crippen LogP contribution in [0.3, 0.4) is 0 Å². The molecule has 0 radical (unpaired) electrons. The maximum absolute atomic E-state index is 13.3. The van der Waals surface area contributed by atoms with Crippen molar-refractivity contribution in [3.8, 4) is 0 Å². The van der Waals surface area contributed by atoms with Gasteiger partial charge in [0.2, 0.25) is 0 Å². The van der Waals surface area contributed by atoms with Gasteiger partial charge in [0, 0.05) is 17.2 Å². The van der Waals surface area contributed by atoms with Gasteiger partial charge < -0.3 is 15.6 Å². The van der Waals surface area contributed by atoms with Gasteiger partial charge in [-0.1, -0.05) is 26.2 Å². The number of aliphatic carboxylic acids is 1. The molecule has 0 aromatic heterocycles. The minimum absolute atomic E-state index is 0.123. The van der Waals surface area contributed by atoms with Crippen LogP contribution in [0, 0.1) is 11.3 Å². The van der Waals surface area contributed by atoms with E-state index in [2.05, 4.69) is 24.9 Å². The number of hydrogen-bond donors (Lipinski definition) is 4. The van der Waals surface area contributed by atoms with Gasteiger partial charge in [0.25, 0.3) is 0 Å². The molecule has 2 rings (SSSR count). The van der Waals surface area contributed by atoms with Gasteiger partial charge in [0.05, 0.1) is 19.6 Å². The number of carboxylic acid groups (broad SMARTS) is 1. The van der Waals surface area contributed by atoms with Crippen molar-refractivity contribution in [1.82, 2.24) is 5.32 Å². The van der Waals surface area contributed by atoms with E-state index >= 15 is 0 Å². The number of rotatable bonds is 10. The van der Waals surface area contributed by atoms with Gasteiger partial charge in [-0.25, -0.2) is 0 Å². The lowest BCUT2D eigenvalue weighted by molar-refractivity contribution is -0.145. The Hall–Kier alpha value is -1.12. The van der Waals surface area contributed by atoms with E-state index in [1.165, 1.54) is 7.11 Å². The summed E-state index contributed by atoms with van der Waals surface area (Å²) in [6.07, 6.45) is 6.90. The Kier molecular flexibility index (Phi) is 7.93. The fourth-order valence-electron chi connectivity index (χ4n) is 5.70. The molecule has 1 unspecified atom stereocenters.